The first-order chi connectivity index (χ1) is 13.1. The zero-order valence-electron chi connectivity index (χ0n) is 16.0. The Morgan fingerprint density at radius 2 is 1.85 bits per heavy atom. The van der Waals surface area contributed by atoms with Gasteiger partial charge in [-0.2, -0.15) is 0 Å². The van der Waals surface area contributed by atoms with Gasteiger partial charge < -0.3 is 19.9 Å². The van der Waals surface area contributed by atoms with E-state index in [0.717, 1.165) is 24.6 Å². The van der Waals surface area contributed by atoms with Crippen LogP contribution in [0.2, 0.25) is 0 Å². The Hall–Kier alpha value is -2.60. The molecule has 1 aliphatic rings. The summed E-state index contributed by atoms with van der Waals surface area (Å²) < 4.78 is 19.9. The molecule has 2 aromatic rings. The predicted molar refractivity (Wildman–Crippen MR) is 108 cm³/mol. The van der Waals surface area contributed by atoms with E-state index in [9.17, 15) is 4.39 Å². The van der Waals surface area contributed by atoms with Crippen molar-refractivity contribution in [3.8, 4) is 0 Å². The molecule has 0 unspecified atom stereocenters. The molecule has 5 nitrogen and oxygen atoms in total. The minimum atomic E-state index is -0.201. The van der Waals surface area contributed by atoms with Gasteiger partial charge in [-0.25, -0.2) is 9.38 Å². The van der Waals surface area contributed by atoms with E-state index >= 15 is 0 Å². The minimum absolute atomic E-state index is 0.201. The standard InChI is InChI=1S/C21H27FN4O/c1-25(2)21(23-15-17-6-4-3-5-7-17)24-16-18-8-9-20(19(22)14-18)26-10-12-27-13-11-26/h3-9,14H,10-13,15-16H2,1-2H3,(H,23,24). The van der Waals surface area contributed by atoms with Crippen LogP contribution in [0.4, 0.5) is 10.1 Å². The number of nitrogens with one attached hydrogen (secondary N) is 1. The van der Waals surface area contributed by atoms with Crippen LogP contribution in [0.1, 0.15) is 11.1 Å². The van der Waals surface area contributed by atoms with E-state index in [-0.39, 0.29) is 5.82 Å². The lowest BCUT2D eigenvalue weighted by molar-refractivity contribution is 0.122. The van der Waals surface area contributed by atoms with Crippen molar-refractivity contribution < 1.29 is 9.13 Å². The largest absolute Gasteiger partial charge is 0.378 e. The van der Waals surface area contributed by atoms with E-state index in [1.54, 1.807) is 6.07 Å². The molecule has 0 amide bonds. The quantitative estimate of drug-likeness (QED) is 0.649. The predicted octanol–water partition coefficient (Wildman–Crippen LogP) is 2.87. The van der Waals surface area contributed by atoms with E-state index in [1.165, 1.54) is 5.56 Å². The maximum absolute atomic E-state index is 14.5. The highest BCUT2D eigenvalue weighted by atomic mass is 19.1. The third-order valence-corrected chi connectivity index (χ3v) is 4.49. The molecule has 0 aromatic heterocycles. The monoisotopic (exact) mass is 370 g/mol. The molecule has 0 saturated carbocycles. The molecule has 6 heteroatoms. The topological polar surface area (TPSA) is 40.1 Å². The lowest BCUT2D eigenvalue weighted by Gasteiger charge is -2.29. The van der Waals surface area contributed by atoms with Crippen LogP contribution in [0.5, 0.6) is 0 Å². The third-order valence-electron chi connectivity index (χ3n) is 4.49. The van der Waals surface area contributed by atoms with Gasteiger partial charge in [0.25, 0.3) is 0 Å². The molecule has 0 atom stereocenters. The zero-order chi connectivity index (χ0) is 19.1. The number of guanidine groups is 1. The molecule has 1 saturated heterocycles. The molecule has 1 heterocycles. The van der Waals surface area contributed by atoms with Crippen molar-refractivity contribution in [1.82, 2.24) is 10.2 Å². The molecular weight excluding hydrogens is 343 g/mol. The molecule has 144 valence electrons. The Morgan fingerprint density at radius 1 is 1.11 bits per heavy atom. The molecular formula is C21H27FN4O. The molecule has 27 heavy (non-hydrogen) atoms. The van der Waals surface area contributed by atoms with Gasteiger partial charge in [0.15, 0.2) is 5.96 Å². The fraction of sp³-hybridized carbons (Fsp3) is 0.381. The lowest BCUT2D eigenvalue weighted by atomic mass is 10.1. The molecule has 0 aliphatic carbocycles. The number of aliphatic imine (C=N–C) groups is 1. The Balaban J connectivity index is 1.64. The molecule has 0 spiro atoms. The minimum Gasteiger partial charge on any atom is -0.378 e. The summed E-state index contributed by atoms with van der Waals surface area (Å²) in [7, 11) is 3.89. The van der Waals surface area contributed by atoms with Crippen LogP contribution in [0.25, 0.3) is 0 Å². The van der Waals surface area contributed by atoms with Gasteiger partial charge in [0, 0.05) is 33.7 Å². The first-order valence-corrected chi connectivity index (χ1v) is 9.24. The first kappa shape index (κ1) is 19.2. The van der Waals surface area contributed by atoms with Crippen LogP contribution in [0.15, 0.2) is 53.5 Å². The van der Waals surface area contributed by atoms with Crippen molar-refractivity contribution in [2.45, 2.75) is 13.1 Å². The van der Waals surface area contributed by atoms with Crippen LogP contribution in [0.3, 0.4) is 0 Å². The number of morpholine rings is 1. The van der Waals surface area contributed by atoms with Crippen LogP contribution in [-0.2, 0) is 17.8 Å². The maximum atomic E-state index is 14.5. The van der Waals surface area contributed by atoms with Gasteiger partial charge in [-0.1, -0.05) is 36.4 Å². The van der Waals surface area contributed by atoms with Crippen molar-refractivity contribution in [3.05, 3.63) is 65.5 Å². The number of ether oxygens (including phenoxy) is 1. The average Bonchev–Trinajstić information content (AvgIpc) is 2.69. The highest BCUT2D eigenvalue weighted by Gasteiger charge is 2.15. The summed E-state index contributed by atoms with van der Waals surface area (Å²) in [5.41, 5.74) is 2.68. The molecule has 0 bridgehead atoms. The number of hydrogen-bond acceptors (Lipinski definition) is 3. The van der Waals surface area contributed by atoms with Crippen LogP contribution in [0, 0.1) is 5.82 Å². The second-order valence-electron chi connectivity index (χ2n) is 6.76. The SMILES string of the molecule is CN(C)C(=NCc1ccc(N2CCOCC2)c(F)c1)NCc1ccccc1. The smallest absolute Gasteiger partial charge is 0.194 e. The van der Waals surface area contributed by atoms with Crippen LogP contribution < -0.4 is 10.2 Å². The maximum Gasteiger partial charge on any atom is 0.194 e. The Kier molecular flexibility index (Phi) is 6.65. The highest BCUT2D eigenvalue weighted by Crippen LogP contribution is 2.22. The second-order valence-corrected chi connectivity index (χ2v) is 6.76. The molecule has 3 rings (SSSR count). The molecule has 1 N–H and O–H groups in total. The number of halogens is 1. The van der Waals surface area contributed by atoms with Crippen molar-refractivity contribution in [2.24, 2.45) is 4.99 Å². The summed E-state index contributed by atoms with van der Waals surface area (Å²) in [6.45, 7) is 3.86. The van der Waals surface area contributed by atoms with E-state index in [1.807, 2.05) is 54.2 Å². The molecule has 0 radical (unpaired) electrons. The van der Waals surface area contributed by atoms with Crippen LogP contribution >= 0.6 is 0 Å². The van der Waals surface area contributed by atoms with Gasteiger partial charge in [-0.15, -0.1) is 0 Å². The number of benzene rings is 2. The van der Waals surface area contributed by atoms with Gasteiger partial charge in [-0.3, -0.25) is 0 Å². The van der Waals surface area contributed by atoms with Crippen molar-refractivity contribution in [1.29, 1.82) is 0 Å². The van der Waals surface area contributed by atoms with Crippen LogP contribution in [-0.4, -0.2) is 51.3 Å². The van der Waals surface area contributed by atoms with Gasteiger partial charge in [0.05, 0.1) is 25.4 Å². The lowest BCUT2D eigenvalue weighted by Crippen LogP contribution is -2.36. The Bertz CT molecular complexity index is 758. The average molecular weight is 370 g/mol. The van der Waals surface area contributed by atoms with Gasteiger partial charge in [-0.05, 0) is 23.3 Å². The summed E-state index contributed by atoms with van der Waals surface area (Å²) in [5, 5.41) is 3.34. The fourth-order valence-electron chi connectivity index (χ4n) is 3.01. The van der Waals surface area contributed by atoms with E-state index in [2.05, 4.69) is 22.4 Å². The second kappa shape index (κ2) is 9.37. The summed E-state index contributed by atoms with van der Waals surface area (Å²) >= 11 is 0. The summed E-state index contributed by atoms with van der Waals surface area (Å²) in [4.78, 5) is 8.58. The Morgan fingerprint density at radius 3 is 2.52 bits per heavy atom. The Labute approximate surface area is 160 Å². The van der Waals surface area contributed by atoms with E-state index in [4.69, 9.17) is 4.74 Å². The van der Waals surface area contributed by atoms with Crippen molar-refractivity contribution >= 4 is 11.6 Å². The highest BCUT2D eigenvalue weighted by molar-refractivity contribution is 5.79. The normalized spacial score (nSPS) is 14.9. The fourth-order valence-corrected chi connectivity index (χ4v) is 3.01. The molecule has 1 aliphatic heterocycles. The van der Waals surface area contributed by atoms with Gasteiger partial charge in [0.1, 0.15) is 5.82 Å². The third kappa shape index (κ3) is 5.44. The summed E-state index contributed by atoms with van der Waals surface area (Å²) in [6, 6.07) is 15.5. The molecule has 1 fully saturated rings. The van der Waals surface area contributed by atoms with Crippen molar-refractivity contribution in [2.75, 3.05) is 45.3 Å². The number of rotatable bonds is 5. The number of hydrogen-bond donors (Lipinski definition) is 1. The van der Waals surface area contributed by atoms with Gasteiger partial charge in [0.2, 0.25) is 0 Å². The number of anilines is 1. The summed E-state index contributed by atoms with van der Waals surface area (Å²) in [5.74, 6) is 0.574. The zero-order valence-corrected chi connectivity index (χ0v) is 16.0. The molecule has 2 aromatic carbocycles. The van der Waals surface area contributed by atoms with Gasteiger partial charge >= 0.3 is 0 Å². The van der Waals surface area contributed by atoms with E-state index < -0.39 is 0 Å². The first-order valence-electron chi connectivity index (χ1n) is 9.24. The summed E-state index contributed by atoms with van der Waals surface area (Å²) in [6.07, 6.45) is 0. The van der Waals surface area contributed by atoms with Crippen molar-refractivity contribution in [3.63, 3.8) is 0 Å². The van der Waals surface area contributed by atoms with E-state index in [0.29, 0.717) is 32.0 Å². The number of nitrogens with zero attached hydrogens (tertiary/aromatic N) is 3.